The van der Waals surface area contributed by atoms with Gasteiger partial charge in [0.1, 0.15) is 6.10 Å². The van der Waals surface area contributed by atoms with E-state index in [2.05, 4.69) is 0 Å². The van der Waals surface area contributed by atoms with Gasteiger partial charge in [-0.25, -0.2) is 0 Å². The Labute approximate surface area is 105 Å². The maximum Gasteiger partial charge on any atom is 0.113 e. The molecule has 0 amide bonds. The molecule has 90 valence electrons. The van der Waals surface area contributed by atoms with Gasteiger partial charge in [0, 0.05) is 12.0 Å². The third-order valence-corrected chi connectivity index (χ3v) is 3.83. The van der Waals surface area contributed by atoms with Gasteiger partial charge in [-0.05, 0) is 35.1 Å². The Morgan fingerprint density at radius 1 is 1.24 bits per heavy atom. The number of aliphatic hydroxyl groups excluding tert-OH is 1. The van der Waals surface area contributed by atoms with Crippen molar-refractivity contribution < 1.29 is 9.84 Å². The van der Waals surface area contributed by atoms with E-state index in [0.29, 0.717) is 6.61 Å². The van der Waals surface area contributed by atoms with Gasteiger partial charge in [0.15, 0.2) is 0 Å². The molecule has 0 radical (unpaired) electrons. The van der Waals surface area contributed by atoms with Gasteiger partial charge in [0.05, 0.1) is 6.61 Å². The predicted octanol–water partition coefficient (Wildman–Crippen LogP) is 3.28. The summed E-state index contributed by atoms with van der Waals surface area (Å²) < 4.78 is 5.06. The molecule has 2 rings (SSSR count). The first kappa shape index (κ1) is 12.3. The fraction of sp³-hybridized carbons (Fsp3) is 0.286. The summed E-state index contributed by atoms with van der Waals surface area (Å²) in [5.74, 6) is 0. The number of aliphatic hydroxyl groups is 1. The molecule has 1 atom stereocenters. The summed E-state index contributed by atoms with van der Waals surface area (Å²) in [5.41, 5.74) is 3.19. The van der Waals surface area contributed by atoms with E-state index in [1.165, 1.54) is 0 Å². The zero-order valence-corrected chi connectivity index (χ0v) is 10.8. The van der Waals surface area contributed by atoms with Crippen LogP contribution >= 0.6 is 11.3 Å². The van der Waals surface area contributed by atoms with Crippen molar-refractivity contribution in [3.8, 4) is 0 Å². The van der Waals surface area contributed by atoms with Crippen molar-refractivity contribution in [3.05, 3.63) is 57.3 Å². The molecule has 1 heterocycles. The summed E-state index contributed by atoms with van der Waals surface area (Å²) in [6, 6.07) is 9.93. The van der Waals surface area contributed by atoms with Crippen LogP contribution in [-0.4, -0.2) is 12.2 Å². The molecule has 0 fully saturated rings. The quantitative estimate of drug-likeness (QED) is 0.899. The molecule has 1 aromatic heterocycles. The highest BCUT2D eigenvalue weighted by molar-refractivity contribution is 7.10. The van der Waals surface area contributed by atoms with Crippen molar-refractivity contribution in [3.63, 3.8) is 0 Å². The van der Waals surface area contributed by atoms with Crippen molar-refractivity contribution in [2.45, 2.75) is 19.6 Å². The molecule has 2 nitrogen and oxygen atoms in total. The number of hydrogen-bond acceptors (Lipinski definition) is 3. The van der Waals surface area contributed by atoms with Crippen LogP contribution < -0.4 is 0 Å². The Morgan fingerprint density at radius 3 is 2.47 bits per heavy atom. The van der Waals surface area contributed by atoms with Crippen LogP contribution in [0.15, 0.2) is 35.7 Å². The van der Waals surface area contributed by atoms with Gasteiger partial charge in [-0.3, -0.25) is 0 Å². The van der Waals surface area contributed by atoms with Crippen molar-refractivity contribution in [1.29, 1.82) is 0 Å². The summed E-state index contributed by atoms with van der Waals surface area (Å²) in [7, 11) is 1.68. The molecule has 0 aliphatic carbocycles. The molecular weight excluding hydrogens is 232 g/mol. The van der Waals surface area contributed by atoms with Crippen molar-refractivity contribution in [2.75, 3.05) is 7.11 Å². The smallest absolute Gasteiger partial charge is 0.113 e. The molecule has 0 saturated heterocycles. The van der Waals surface area contributed by atoms with Crippen LogP contribution in [0.4, 0.5) is 0 Å². The molecule has 0 bridgehead atoms. The van der Waals surface area contributed by atoms with Gasteiger partial charge in [0.25, 0.3) is 0 Å². The molecule has 1 N–H and O–H groups in total. The van der Waals surface area contributed by atoms with Gasteiger partial charge in [-0.15, -0.1) is 11.3 Å². The highest BCUT2D eigenvalue weighted by atomic mass is 32.1. The number of benzene rings is 1. The summed E-state index contributed by atoms with van der Waals surface area (Å²) in [6.07, 6.45) is -0.522. The SMILES string of the molecule is COCc1ccc(C(O)c2sccc2C)cc1. The predicted molar refractivity (Wildman–Crippen MR) is 70.3 cm³/mol. The van der Waals surface area contributed by atoms with E-state index in [-0.39, 0.29) is 0 Å². The molecule has 2 aromatic rings. The Bertz CT molecular complexity index is 473. The van der Waals surface area contributed by atoms with E-state index in [1.54, 1.807) is 18.4 Å². The van der Waals surface area contributed by atoms with Crippen LogP contribution in [0, 0.1) is 6.92 Å². The molecule has 1 aromatic carbocycles. The molecule has 1 unspecified atom stereocenters. The van der Waals surface area contributed by atoms with E-state index in [9.17, 15) is 5.11 Å². The number of methoxy groups -OCH3 is 1. The third-order valence-electron chi connectivity index (χ3n) is 2.76. The Kier molecular flexibility index (Phi) is 3.94. The van der Waals surface area contributed by atoms with Gasteiger partial charge < -0.3 is 9.84 Å². The normalized spacial score (nSPS) is 12.6. The largest absolute Gasteiger partial charge is 0.383 e. The summed E-state index contributed by atoms with van der Waals surface area (Å²) in [6.45, 7) is 2.63. The van der Waals surface area contributed by atoms with E-state index in [0.717, 1.165) is 21.6 Å². The zero-order chi connectivity index (χ0) is 12.3. The number of thiophene rings is 1. The molecule has 3 heteroatoms. The molecule has 0 spiro atoms. The molecule has 0 aliphatic rings. The summed E-state index contributed by atoms with van der Waals surface area (Å²) in [4.78, 5) is 1.02. The summed E-state index contributed by atoms with van der Waals surface area (Å²) >= 11 is 1.59. The van der Waals surface area contributed by atoms with Crippen LogP contribution in [0.1, 0.15) is 27.7 Å². The number of aryl methyl sites for hydroxylation is 1. The maximum atomic E-state index is 10.3. The monoisotopic (exact) mass is 248 g/mol. The van der Waals surface area contributed by atoms with Crippen molar-refractivity contribution in [1.82, 2.24) is 0 Å². The minimum atomic E-state index is -0.522. The zero-order valence-electron chi connectivity index (χ0n) is 10.0. The Morgan fingerprint density at radius 2 is 1.94 bits per heavy atom. The molecular formula is C14H16O2S. The second-order valence-electron chi connectivity index (χ2n) is 4.04. The van der Waals surface area contributed by atoms with E-state index >= 15 is 0 Å². The first-order valence-corrected chi connectivity index (χ1v) is 6.40. The number of hydrogen-bond donors (Lipinski definition) is 1. The van der Waals surface area contributed by atoms with Gasteiger partial charge in [-0.2, -0.15) is 0 Å². The fourth-order valence-electron chi connectivity index (χ4n) is 1.78. The molecule has 0 aliphatic heterocycles. The van der Waals surface area contributed by atoms with E-state index in [4.69, 9.17) is 4.74 Å². The molecule has 17 heavy (non-hydrogen) atoms. The minimum Gasteiger partial charge on any atom is -0.383 e. The maximum absolute atomic E-state index is 10.3. The first-order valence-electron chi connectivity index (χ1n) is 5.52. The number of rotatable bonds is 4. The average molecular weight is 248 g/mol. The Hall–Kier alpha value is -1.16. The lowest BCUT2D eigenvalue weighted by atomic mass is 10.0. The van der Waals surface area contributed by atoms with Crippen LogP contribution in [0.25, 0.3) is 0 Å². The number of ether oxygens (including phenoxy) is 1. The topological polar surface area (TPSA) is 29.5 Å². The summed E-state index contributed by atoms with van der Waals surface area (Å²) in [5, 5.41) is 12.3. The van der Waals surface area contributed by atoms with Gasteiger partial charge in [0.2, 0.25) is 0 Å². The minimum absolute atomic E-state index is 0.522. The molecule has 0 saturated carbocycles. The third kappa shape index (κ3) is 2.75. The lowest BCUT2D eigenvalue weighted by molar-refractivity contribution is 0.184. The fourth-order valence-corrected chi connectivity index (χ4v) is 2.72. The second-order valence-corrected chi connectivity index (χ2v) is 4.99. The lowest BCUT2D eigenvalue weighted by Gasteiger charge is -2.11. The van der Waals surface area contributed by atoms with Gasteiger partial charge in [-0.1, -0.05) is 24.3 Å². The second kappa shape index (κ2) is 5.45. The van der Waals surface area contributed by atoms with E-state index < -0.39 is 6.10 Å². The average Bonchev–Trinajstić information content (AvgIpc) is 2.76. The Balaban J connectivity index is 2.20. The van der Waals surface area contributed by atoms with Gasteiger partial charge >= 0.3 is 0 Å². The van der Waals surface area contributed by atoms with Crippen LogP contribution in [0.2, 0.25) is 0 Å². The first-order chi connectivity index (χ1) is 8.22. The van der Waals surface area contributed by atoms with Crippen LogP contribution in [0.3, 0.4) is 0 Å². The standard InChI is InChI=1S/C14H16O2S/c1-10-7-8-17-14(10)13(15)12-5-3-11(4-6-12)9-16-2/h3-8,13,15H,9H2,1-2H3. The van der Waals surface area contributed by atoms with Crippen LogP contribution in [-0.2, 0) is 11.3 Å². The van der Waals surface area contributed by atoms with Crippen molar-refractivity contribution in [2.24, 2.45) is 0 Å². The van der Waals surface area contributed by atoms with Crippen molar-refractivity contribution >= 4 is 11.3 Å². The lowest BCUT2D eigenvalue weighted by Crippen LogP contribution is -1.99. The van der Waals surface area contributed by atoms with E-state index in [1.807, 2.05) is 42.6 Å². The van der Waals surface area contributed by atoms with Crippen LogP contribution in [0.5, 0.6) is 0 Å². The highest BCUT2D eigenvalue weighted by Gasteiger charge is 2.13. The highest BCUT2D eigenvalue weighted by Crippen LogP contribution is 2.29.